The van der Waals surface area contributed by atoms with Gasteiger partial charge in [0.25, 0.3) is 0 Å². The van der Waals surface area contributed by atoms with Gasteiger partial charge in [0.1, 0.15) is 5.82 Å². The summed E-state index contributed by atoms with van der Waals surface area (Å²) in [6.07, 6.45) is 1.16. The highest BCUT2D eigenvalue weighted by atomic mass is 16.5. The van der Waals surface area contributed by atoms with Gasteiger partial charge >= 0.3 is 0 Å². The number of benzene rings is 1. The molecule has 2 aromatic rings. The number of hydrogen-bond donors (Lipinski definition) is 0. The normalized spacial score (nSPS) is 17.0. The summed E-state index contributed by atoms with van der Waals surface area (Å²) in [7, 11) is 0. The van der Waals surface area contributed by atoms with E-state index in [0.717, 1.165) is 57.2 Å². The van der Waals surface area contributed by atoms with Crippen LogP contribution in [0.1, 0.15) is 38.6 Å². The van der Waals surface area contributed by atoms with Crippen molar-refractivity contribution in [2.75, 3.05) is 32.8 Å². The van der Waals surface area contributed by atoms with Gasteiger partial charge in [0.2, 0.25) is 0 Å². The molecule has 1 saturated heterocycles. The molecule has 1 aromatic carbocycles. The van der Waals surface area contributed by atoms with E-state index >= 15 is 0 Å². The molecular weight excluding hydrogens is 286 g/mol. The number of aromatic nitrogens is 2. The molecule has 0 bridgehead atoms. The van der Waals surface area contributed by atoms with Crippen molar-refractivity contribution in [2.45, 2.75) is 46.1 Å². The fraction of sp³-hybridized carbons (Fsp3) is 0.632. The van der Waals surface area contributed by atoms with Crippen molar-refractivity contribution >= 4 is 11.0 Å². The Hall–Kier alpha value is -1.39. The van der Waals surface area contributed by atoms with Gasteiger partial charge in [0, 0.05) is 26.2 Å². The molecule has 0 saturated carbocycles. The molecule has 4 nitrogen and oxygen atoms in total. The number of nitrogens with zero attached hydrogens (tertiary/aromatic N) is 3. The summed E-state index contributed by atoms with van der Waals surface area (Å²) >= 11 is 0. The van der Waals surface area contributed by atoms with Crippen LogP contribution < -0.4 is 0 Å². The second kappa shape index (κ2) is 6.62. The van der Waals surface area contributed by atoms with Crippen LogP contribution in [0.25, 0.3) is 11.0 Å². The molecule has 0 radical (unpaired) electrons. The molecule has 1 aliphatic rings. The molecule has 0 unspecified atom stereocenters. The van der Waals surface area contributed by atoms with E-state index < -0.39 is 0 Å². The van der Waals surface area contributed by atoms with Crippen LogP contribution in [0.2, 0.25) is 0 Å². The van der Waals surface area contributed by atoms with Crippen LogP contribution in [0.4, 0.5) is 0 Å². The molecule has 4 heteroatoms. The zero-order valence-corrected chi connectivity index (χ0v) is 14.9. The topological polar surface area (TPSA) is 30.3 Å². The lowest BCUT2D eigenvalue weighted by Crippen LogP contribution is -2.37. The first kappa shape index (κ1) is 16.5. The number of fused-ring (bicyclic) bond motifs is 1. The zero-order chi connectivity index (χ0) is 16.4. The summed E-state index contributed by atoms with van der Waals surface area (Å²) in [6, 6.07) is 6.71. The number of morpholine rings is 1. The van der Waals surface area contributed by atoms with Crippen LogP contribution in [0, 0.1) is 6.92 Å². The number of imidazole rings is 1. The van der Waals surface area contributed by atoms with Crippen LogP contribution in [0.15, 0.2) is 18.2 Å². The molecule has 0 atom stereocenters. The van der Waals surface area contributed by atoms with Gasteiger partial charge in [-0.25, -0.2) is 4.98 Å². The van der Waals surface area contributed by atoms with Crippen molar-refractivity contribution in [1.82, 2.24) is 14.5 Å². The number of ether oxygens (including phenoxy) is 1. The van der Waals surface area contributed by atoms with E-state index in [-0.39, 0.29) is 5.41 Å². The molecule has 1 aliphatic heterocycles. The summed E-state index contributed by atoms with van der Waals surface area (Å²) in [6.45, 7) is 15.0. The van der Waals surface area contributed by atoms with Crippen molar-refractivity contribution in [2.24, 2.45) is 0 Å². The zero-order valence-electron chi connectivity index (χ0n) is 14.9. The van der Waals surface area contributed by atoms with E-state index in [4.69, 9.17) is 9.72 Å². The third-order valence-corrected chi connectivity index (χ3v) is 4.76. The Morgan fingerprint density at radius 3 is 2.57 bits per heavy atom. The molecule has 3 rings (SSSR count). The fourth-order valence-corrected chi connectivity index (χ4v) is 3.27. The Morgan fingerprint density at radius 1 is 1.13 bits per heavy atom. The van der Waals surface area contributed by atoms with E-state index in [1.165, 1.54) is 11.1 Å². The molecule has 1 aromatic heterocycles. The average molecular weight is 315 g/mol. The third-order valence-electron chi connectivity index (χ3n) is 4.76. The molecule has 126 valence electrons. The fourth-order valence-electron chi connectivity index (χ4n) is 3.27. The molecule has 2 heterocycles. The molecule has 0 aliphatic carbocycles. The van der Waals surface area contributed by atoms with Crippen LogP contribution >= 0.6 is 0 Å². The maximum atomic E-state index is 5.42. The summed E-state index contributed by atoms with van der Waals surface area (Å²) in [4.78, 5) is 7.23. The van der Waals surface area contributed by atoms with E-state index in [1.54, 1.807) is 0 Å². The van der Waals surface area contributed by atoms with Crippen molar-refractivity contribution in [3.63, 3.8) is 0 Å². The van der Waals surface area contributed by atoms with Gasteiger partial charge in [-0.2, -0.15) is 0 Å². The standard InChI is InChI=1S/C19H29N3O/c1-15-20-17-7-6-16(19(2,3)4)14-18(17)22(15)9-5-8-21-10-12-23-13-11-21/h6-7,14H,5,8-13H2,1-4H3. The maximum absolute atomic E-state index is 5.42. The van der Waals surface area contributed by atoms with Crippen molar-refractivity contribution in [3.8, 4) is 0 Å². The molecular formula is C19H29N3O. The largest absolute Gasteiger partial charge is 0.379 e. The van der Waals surface area contributed by atoms with Gasteiger partial charge in [-0.1, -0.05) is 26.8 Å². The Bertz CT molecular complexity index is 663. The Labute approximate surface area is 139 Å². The number of aryl methyl sites for hydroxylation is 2. The highest BCUT2D eigenvalue weighted by Crippen LogP contribution is 2.26. The Morgan fingerprint density at radius 2 is 1.87 bits per heavy atom. The van der Waals surface area contributed by atoms with Crippen LogP contribution in [-0.4, -0.2) is 47.3 Å². The van der Waals surface area contributed by atoms with Gasteiger partial charge in [-0.3, -0.25) is 4.90 Å². The lowest BCUT2D eigenvalue weighted by atomic mass is 9.87. The second-order valence-electron chi connectivity index (χ2n) is 7.57. The first-order valence-electron chi connectivity index (χ1n) is 8.72. The highest BCUT2D eigenvalue weighted by Gasteiger charge is 2.16. The second-order valence-corrected chi connectivity index (χ2v) is 7.57. The van der Waals surface area contributed by atoms with Crippen LogP contribution in [-0.2, 0) is 16.7 Å². The van der Waals surface area contributed by atoms with E-state index in [1.807, 2.05) is 0 Å². The lowest BCUT2D eigenvalue weighted by Gasteiger charge is -2.26. The highest BCUT2D eigenvalue weighted by molar-refractivity contribution is 5.77. The van der Waals surface area contributed by atoms with Gasteiger partial charge in [0.05, 0.1) is 24.2 Å². The van der Waals surface area contributed by atoms with Crippen molar-refractivity contribution in [1.29, 1.82) is 0 Å². The van der Waals surface area contributed by atoms with Crippen molar-refractivity contribution < 1.29 is 4.74 Å². The summed E-state index contributed by atoms with van der Waals surface area (Å²) in [5, 5.41) is 0. The van der Waals surface area contributed by atoms with E-state index in [9.17, 15) is 0 Å². The Balaban J connectivity index is 1.75. The van der Waals surface area contributed by atoms with Gasteiger partial charge in [-0.05, 0) is 36.5 Å². The summed E-state index contributed by atoms with van der Waals surface area (Å²) < 4.78 is 7.80. The van der Waals surface area contributed by atoms with Gasteiger partial charge < -0.3 is 9.30 Å². The predicted molar refractivity (Wildman–Crippen MR) is 95.0 cm³/mol. The maximum Gasteiger partial charge on any atom is 0.106 e. The third kappa shape index (κ3) is 3.75. The Kier molecular flexibility index (Phi) is 4.74. The smallest absolute Gasteiger partial charge is 0.106 e. The van der Waals surface area contributed by atoms with Gasteiger partial charge in [-0.15, -0.1) is 0 Å². The predicted octanol–water partition coefficient (Wildman–Crippen LogP) is 3.36. The minimum absolute atomic E-state index is 0.172. The van der Waals surface area contributed by atoms with Crippen molar-refractivity contribution in [3.05, 3.63) is 29.6 Å². The molecule has 23 heavy (non-hydrogen) atoms. The minimum Gasteiger partial charge on any atom is -0.379 e. The number of hydrogen-bond acceptors (Lipinski definition) is 3. The van der Waals surface area contributed by atoms with Crippen LogP contribution in [0.5, 0.6) is 0 Å². The molecule has 0 amide bonds. The van der Waals surface area contributed by atoms with Crippen LogP contribution in [0.3, 0.4) is 0 Å². The molecule has 0 N–H and O–H groups in total. The molecule has 0 spiro atoms. The first-order chi connectivity index (χ1) is 10.9. The summed E-state index contributed by atoms with van der Waals surface area (Å²) in [5.41, 5.74) is 3.93. The SMILES string of the molecule is Cc1nc2ccc(C(C)(C)C)cc2n1CCCN1CCOCC1. The van der Waals surface area contributed by atoms with E-state index in [0.29, 0.717) is 0 Å². The number of rotatable bonds is 4. The van der Waals surface area contributed by atoms with Gasteiger partial charge in [0.15, 0.2) is 0 Å². The molecule has 1 fully saturated rings. The average Bonchev–Trinajstić information content (AvgIpc) is 2.83. The first-order valence-corrected chi connectivity index (χ1v) is 8.72. The summed E-state index contributed by atoms with van der Waals surface area (Å²) in [5.74, 6) is 1.12. The monoisotopic (exact) mass is 315 g/mol. The lowest BCUT2D eigenvalue weighted by molar-refractivity contribution is 0.0369. The minimum atomic E-state index is 0.172. The quantitative estimate of drug-likeness (QED) is 0.866. The van der Waals surface area contributed by atoms with E-state index in [2.05, 4.69) is 55.4 Å².